The van der Waals surface area contributed by atoms with Gasteiger partial charge in [-0.1, -0.05) is 18.2 Å². The quantitative estimate of drug-likeness (QED) is 0.832. The SMILES string of the molecule is NC1=C(OS(=O)(=O)c2ccccc2)C(=O)C(c2ccc(F)cc2F)O1. The molecule has 1 aliphatic heterocycles. The van der Waals surface area contributed by atoms with Gasteiger partial charge in [-0.05, 0) is 24.3 Å². The molecule has 2 N–H and O–H groups in total. The number of Topliss-reactive ketones (excluding diaryl/α,β-unsaturated/α-hetero) is 1. The maximum Gasteiger partial charge on any atom is 0.339 e. The third kappa shape index (κ3) is 3.18. The van der Waals surface area contributed by atoms with Crippen LogP contribution in [0.1, 0.15) is 11.7 Å². The van der Waals surface area contributed by atoms with E-state index in [4.69, 9.17) is 14.7 Å². The van der Waals surface area contributed by atoms with Crippen molar-refractivity contribution < 1.29 is 30.9 Å². The molecule has 0 saturated carbocycles. The zero-order valence-corrected chi connectivity index (χ0v) is 13.3. The first kappa shape index (κ1) is 16.9. The lowest BCUT2D eigenvalue weighted by atomic mass is 10.1. The number of rotatable bonds is 4. The van der Waals surface area contributed by atoms with Gasteiger partial charge in [-0.3, -0.25) is 4.79 Å². The summed E-state index contributed by atoms with van der Waals surface area (Å²) in [5, 5.41) is 0. The average molecular weight is 367 g/mol. The van der Waals surface area contributed by atoms with Crippen LogP contribution in [0.2, 0.25) is 0 Å². The van der Waals surface area contributed by atoms with Gasteiger partial charge >= 0.3 is 10.1 Å². The van der Waals surface area contributed by atoms with Gasteiger partial charge in [0, 0.05) is 11.6 Å². The summed E-state index contributed by atoms with van der Waals surface area (Å²) >= 11 is 0. The average Bonchev–Trinajstić information content (AvgIpc) is 2.83. The van der Waals surface area contributed by atoms with Crippen molar-refractivity contribution >= 4 is 15.9 Å². The Hall–Kier alpha value is -2.94. The van der Waals surface area contributed by atoms with Gasteiger partial charge in [0.05, 0.1) is 0 Å². The van der Waals surface area contributed by atoms with E-state index in [0.717, 1.165) is 12.1 Å². The second-order valence-corrected chi connectivity index (χ2v) is 6.62. The second-order valence-electron chi connectivity index (χ2n) is 5.07. The number of nitrogens with two attached hydrogens (primary N) is 1. The number of carbonyl (C=O) groups excluding carboxylic acids is 1. The second kappa shape index (κ2) is 6.17. The standard InChI is InChI=1S/C16H11F2NO5S/c17-9-6-7-11(12(18)8-9)14-13(20)15(16(19)23-14)24-25(21,22)10-4-2-1-3-5-10/h1-8,14H,19H2. The molecule has 0 amide bonds. The lowest BCUT2D eigenvalue weighted by molar-refractivity contribution is -0.123. The van der Waals surface area contributed by atoms with Crippen LogP contribution >= 0.6 is 0 Å². The molecule has 0 radical (unpaired) electrons. The number of hydrogen-bond donors (Lipinski definition) is 1. The minimum atomic E-state index is -4.32. The minimum Gasteiger partial charge on any atom is -0.460 e. The summed E-state index contributed by atoms with van der Waals surface area (Å²) in [7, 11) is -4.32. The first-order valence-corrected chi connectivity index (χ1v) is 8.35. The largest absolute Gasteiger partial charge is 0.460 e. The van der Waals surface area contributed by atoms with E-state index in [1.165, 1.54) is 24.3 Å². The van der Waals surface area contributed by atoms with Gasteiger partial charge in [-0.25, -0.2) is 8.78 Å². The van der Waals surface area contributed by atoms with Crippen molar-refractivity contribution in [3.05, 3.63) is 77.4 Å². The van der Waals surface area contributed by atoms with Crippen LogP contribution in [-0.2, 0) is 23.8 Å². The Balaban J connectivity index is 1.89. The number of benzene rings is 2. The van der Waals surface area contributed by atoms with Crippen LogP contribution in [0.15, 0.2) is 65.1 Å². The lowest BCUT2D eigenvalue weighted by Gasteiger charge is -2.11. The van der Waals surface area contributed by atoms with Gasteiger partial charge in [0.1, 0.15) is 16.5 Å². The Morgan fingerprint density at radius 1 is 1.08 bits per heavy atom. The summed E-state index contributed by atoms with van der Waals surface area (Å²) in [6.45, 7) is 0. The number of halogens is 2. The smallest absolute Gasteiger partial charge is 0.339 e. The fourth-order valence-corrected chi connectivity index (χ4v) is 3.19. The van der Waals surface area contributed by atoms with E-state index in [0.29, 0.717) is 6.07 Å². The molecule has 130 valence electrons. The Kier molecular flexibility index (Phi) is 4.17. The molecule has 2 aromatic rings. The summed E-state index contributed by atoms with van der Waals surface area (Å²) in [5.41, 5.74) is 5.23. The van der Waals surface area contributed by atoms with Gasteiger partial charge in [0.2, 0.25) is 17.4 Å². The van der Waals surface area contributed by atoms with Crippen molar-refractivity contribution in [3.8, 4) is 0 Å². The van der Waals surface area contributed by atoms with Gasteiger partial charge < -0.3 is 14.7 Å². The maximum absolute atomic E-state index is 13.8. The van der Waals surface area contributed by atoms with Crippen molar-refractivity contribution in [2.75, 3.05) is 0 Å². The number of hydrogen-bond acceptors (Lipinski definition) is 6. The molecule has 1 aliphatic rings. The van der Waals surface area contributed by atoms with Crippen LogP contribution in [0.4, 0.5) is 8.78 Å². The van der Waals surface area contributed by atoms with E-state index in [9.17, 15) is 22.0 Å². The Labute approximate surface area is 141 Å². The molecular formula is C16H11F2NO5S. The van der Waals surface area contributed by atoms with Crippen molar-refractivity contribution in [3.63, 3.8) is 0 Å². The minimum absolute atomic E-state index is 0.195. The summed E-state index contributed by atoms with van der Waals surface area (Å²) < 4.78 is 61.0. The fraction of sp³-hybridized carbons (Fsp3) is 0.0625. The van der Waals surface area contributed by atoms with E-state index in [-0.39, 0.29) is 10.5 Å². The summed E-state index contributed by atoms with van der Waals surface area (Å²) in [6.07, 6.45) is -1.55. The molecule has 6 nitrogen and oxygen atoms in total. The predicted octanol–water partition coefficient (Wildman–Crippen LogP) is 2.14. The molecule has 3 rings (SSSR count). The van der Waals surface area contributed by atoms with Crippen LogP contribution in [0.25, 0.3) is 0 Å². The van der Waals surface area contributed by atoms with Crippen LogP contribution in [0, 0.1) is 11.6 Å². The normalized spacial score (nSPS) is 17.5. The van der Waals surface area contributed by atoms with Gasteiger partial charge in [-0.2, -0.15) is 8.42 Å². The fourth-order valence-electron chi connectivity index (χ4n) is 2.22. The van der Waals surface area contributed by atoms with Gasteiger partial charge in [-0.15, -0.1) is 0 Å². The van der Waals surface area contributed by atoms with Crippen molar-refractivity contribution in [2.45, 2.75) is 11.0 Å². The van der Waals surface area contributed by atoms with Crippen LogP contribution < -0.4 is 5.73 Å². The molecule has 2 aromatic carbocycles. The van der Waals surface area contributed by atoms with Gasteiger partial charge in [0.15, 0.2) is 6.10 Å². The molecule has 25 heavy (non-hydrogen) atoms. The molecule has 0 aliphatic carbocycles. The zero-order valence-electron chi connectivity index (χ0n) is 12.5. The molecule has 0 aromatic heterocycles. The topological polar surface area (TPSA) is 95.7 Å². The zero-order chi connectivity index (χ0) is 18.2. The first-order valence-electron chi connectivity index (χ1n) is 6.94. The first-order chi connectivity index (χ1) is 11.8. The van der Waals surface area contributed by atoms with Crippen molar-refractivity contribution in [1.82, 2.24) is 0 Å². The van der Waals surface area contributed by atoms with E-state index >= 15 is 0 Å². The Morgan fingerprint density at radius 3 is 2.40 bits per heavy atom. The molecule has 9 heteroatoms. The monoisotopic (exact) mass is 367 g/mol. The molecule has 0 bridgehead atoms. The van der Waals surface area contributed by atoms with Crippen LogP contribution in [0.3, 0.4) is 0 Å². The van der Waals surface area contributed by atoms with E-state index in [2.05, 4.69) is 0 Å². The highest BCUT2D eigenvalue weighted by molar-refractivity contribution is 7.86. The molecule has 0 saturated heterocycles. The lowest BCUT2D eigenvalue weighted by Crippen LogP contribution is -2.16. The van der Waals surface area contributed by atoms with E-state index in [1.807, 2.05) is 0 Å². The predicted molar refractivity (Wildman–Crippen MR) is 81.1 cm³/mol. The summed E-state index contributed by atoms with van der Waals surface area (Å²) in [5.74, 6) is -4.20. The number of ketones is 1. The summed E-state index contributed by atoms with van der Waals surface area (Å²) in [6, 6.07) is 9.59. The van der Waals surface area contributed by atoms with Crippen LogP contribution in [0.5, 0.6) is 0 Å². The van der Waals surface area contributed by atoms with E-state index in [1.54, 1.807) is 6.07 Å². The number of carbonyl (C=O) groups is 1. The highest BCUT2D eigenvalue weighted by Crippen LogP contribution is 2.34. The molecule has 0 spiro atoms. The van der Waals surface area contributed by atoms with Crippen molar-refractivity contribution in [2.24, 2.45) is 5.73 Å². The highest BCUT2D eigenvalue weighted by atomic mass is 32.2. The third-order valence-corrected chi connectivity index (χ3v) is 4.64. The number of ether oxygens (including phenoxy) is 1. The molecule has 0 fully saturated rings. The third-order valence-electron chi connectivity index (χ3n) is 3.40. The van der Waals surface area contributed by atoms with Gasteiger partial charge in [0.25, 0.3) is 0 Å². The molecular weight excluding hydrogens is 356 g/mol. The summed E-state index contributed by atoms with van der Waals surface area (Å²) in [4.78, 5) is 12.2. The highest BCUT2D eigenvalue weighted by Gasteiger charge is 2.41. The molecule has 1 atom stereocenters. The molecule has 1 heterocycles. The Bertz CT molecular complexity index is 973. The maximum atomic E-state index is 13.8. The molecule has 1 unspecified atom stereocenters. The van der Waals surface area contributed by atoms with Crippen molar-refractivity contribution in [1.29, 1.82) is 0 Å². The van der Waals surface area contributed by atoms with Crippen LogP contribution in [-0.4, -0.2) is 14.2 Å². The Morgan fingerprint density at radius 2 is 1.76 bits per heavy atom. The van der Waals surface area contributed by atoms with E-state index < -0.39 is 45.3 Å².